The van der Waals surface area contributed by atoms with Crippen LogP contribution in [0.15, 0.2) is 36.4 Å². The molecule has 0 aromatic heterocycles. The molecule has 0 spiro atoms. The van der Waals surface area contributed by atoms with Crippen LogP contribution in [0.2, 0.25) is 5.02 Å². The third-order valence-electron chi connectivity index (χ3n) is 3.56. The first-order chi connectivity index (χ1) is 8.63. The Hall–Kier alpha value is -1.47. The second-order valence-electron chi connectivity index (χ2n) is 5.07. The number of anilines is 1. The molecule has 0 amide bonds. The molecule has 1 N–H and O–H groups in total. The Morgan fingerprint density at radius 3 is 2.78 bits per heavy atom. The van der Waals surface area contributed by atoms with Gasteiger partial charge in [0.05, 0.1) is 6.04 Å². The topological polar surface area (TPSA) is 12.0 Å². The molecule has 1 atom stereocenters. The lowest BCUT2D eigenvalue weighted by Crippen LogP contribution is -2.05. The van der Waals surface area contributed by atoms with Gasteiger partial charge in [-0.15, -0.1) is 0 Å². The van der Waals surface area contributed by atoms with Crippen LogP contribution in [0.1, 0.15) is 28.3 Å². The van der Waals surface area contributed by atoms with E-state index < -0.39 is 0 Å². The van der Waals surface area contributed by atoms with Crippen molar-refractivity contribution in [2.45, 2.75) is 26.3 Å². The first-order valence-electron chi connectivity index (χ1n) is 6.25. The Bertz CT molecular complexity index is 604. The number of aryl methyl sites for hydroxylation is 2. The predicted molar refractivity (Wildman–Crippen MR) is 77.4 cm³/mol. The van der Waals surface area contributed by atoms with E-state index in [0.717, 1.165) is 11.4 Å². The third kappa shape index (κ3) is 1.99. The van der Waals surface area contributed by atoms with E-state index in [-0.39, 0.29) is 0 Å². The van der Waals surface area contributed by atoms with Gasteiger partial charge in [0.25, 0.3) is 0 Å². The normalized spacial score (nSPS) is 17.4. The second kappa shape index (κ2) is 4.33. The van der Waals surface area contributed by atoms with Crippen LogP contribution in [0.25, 0.3) is 0 Å². The summed E-state index contributed by atoms with van der Waals surface area (Å²) in [6.07, 6.45) is 1.04. The van der Waals surface area contributed by atoms with Crippen LogP contribution in [0, 0.1) is 13.8 Å². The van der Waals surface area contributed by atoms with Crippen molar-refractivity contribution < 1.29 is 0 Å². The Morgan fingerprint density at radius 1 is 1.17 bits per heavy atom. The molecule has 1 aliphatic heterocycles. The number of benzene rings is 2. The fourth-order valence-corrected chi connectivity index (χ4v) is 2.99. The molecule has 2 aromatic rings. The number of fused-ring (bicyclic) bond motifs is 1. The highest BCUT2D eigenvalue weighted by molar-refractivity contribution is 6.30. The highest BCUT2D eigenvalue weighted by atomic mass is 35.5. The molecule has 0 saturated heterocycles. The first kappa shape index (κ1) is 11.6. The zero-order chi connectivity index (χ0) is 12.7. The molecule has 2 aromatic carbocycles. The van der Waals surface area contributed by atoms with Crippen molar-refractivity contribution in [3.05, 3.63) is 63.7 Å². The van der Waals surface area contributed by atoms with Crippen LogP contribution in [0.5, 0.6) is 0 Å². The van der Waals surface area contributed by atoms with Gasteiger partial charge in [-0.2, -0.15) is 0 Å². The van der Waals surface area contributed by atoms with Crippen molar-refractivity contribution in [1.82, 2.24) is 0 Å². The zero-order valence-electron chi connectivity index (χ0n) is 10.6. The maximum atomic E-state index is 6.06. The highest BCUT2D eigenvalue weighted by Gasteiger charge is 2.23. The maximum absolute atomic E-state index is 6.06. The van der Waals surface area contributed by atoms with Crippen molar-refractivity contribution >= 4 is 17.3 Å². The summed E-state index contributed by atoms with van der Waals surface area (Å²) in [5, 5.41) is 4.42. The van der Waals surface area contributed by atoms with Gasteiger partial charge in [0.1, 0.15) is 0 Å². The fourth-order valence-electron chi connectivity index (χ4n) is 2.79. The van der Waals surface area contributed by atoms with E-state index >= 15 is 0 Å². The van der Waals surface area contributed by atoms with Crippen molar-refractivity contribution in [1.29, 1.82) is 0 Å². The molecule has 92 valence electrons. The summed E-state index contributed by atoms with van der Waals surface area (Å²) in [7, 11) is 0. The molecule has 0 bridgehead atoms. The summed E-state index contributed by atoms with van der Waals surface area (Å²) in [6.45, 7) is 4.32. The summed E-state index contributed by atoms with van der Waals surface area (Å²) < 4.78 is 0. The third-order valence-corrected chi connectivity index (χ3v) is 3.79. The Balaban J connectivity index is 1.96. The van der Waals surface area contributed by atoms with Crippen molar-refractivity contribution in [3.63, 3.8) is 0 Å². The standard InChI is InChI=1S/C16H16ClN/c1-10-6-11(2)16-13(7-10)9-15(18-16)12-4-3-5-14(17)8-12/h3-8,15,18H,9H2,1-2H3. The van der Waals surface area contributed by atoms with Crippen LogP contribution in [-0.4, -0.2) is 0 Å². The Kier molecular flexibility index (Phi) is 2.79. The van der Waals surface area contributed by atoms with E-state index in [1.54, 1.807) is 0 Å². The number of hydrogen-bond donors (Lipinski definition) is 1. The lowest BCUT2D eigenvalue weighted by Gasteiger charge is -2.12. The smallest absolute Gasteiger partial charge is 0.0555 e. The van der Waals surface area contributed by atoms with Crippen LogP contribution in [0.4, 0.5) is 5.69 Å². The minimum absolute atomic E-state index is 0.346. The van der Waals surface area contributed by atoms with Gasteiger partial charge in [0, 0.05) is 10.7 Å². The van der Waals surface area contributed by atoms with Crippen LogP contribution in [-0.2, 0) is 6.42 Å². The quantitative estimate of drug-likeness (QED) is 0.783. The van der Waals surface area contributed by atoms with Crippen LogP contribution in [0.3, 0.4) is 0 Å². The molecule has 1 unspecified atom stereocenters. The lowest BCUT2D eigenvalue weighted by atomic mass is 10.0. The lowest BCUT2D eigenvalue weighted by molar-refractivity contribution is 0.824. The van der Waals surface area contributed by atoms with Crippen LogP contribution >= 0.6 is 11.6 Å². The van der Waals surface area contributed by atoms with Gasteiger partial charge in [-0.1, -0.05) is 41.4 Å². The average Bonchev–Trinajstić information content (AvgIpc) is 2.73. The summed E-state index contributed by atoms with van der Waals surface area (Å²) in [5.74, 6) is 0. The average molecular weight is 258 g/mol. The molecular formula is C16H16ClN. The van der Waals surface area contributed by atoms with E-state index in [4.69, 9.17) is 11.6 Å². The molecule has 3 rings (SSSR count). The van der Waals surface area contributed by atoms with Gasteiger partial charge in [-0.05, 0) is 49.1 Å². The number of nitrogens with one attached hydrogen (secondary N) is 1. The first-order valence-corrected chi connectivity index (χ1v) is 6.63. The summed E-state index contributed by atoms with van der Waals surface area (Å²) in [6, 6.07) is 13.0. The summed E-state index contributed by atoms with van der Waals surface area (Å²) >= 11 is 6.06. The maximum Gasteiger partial charge on any atom is 0.0555 e. The second-order valence-corrected chi connectivity index (χ2v) is 5.51. The van der Waals surface area contributed by atoms with Gasteiger partial charge < -0.3 is 5.32 Å². The summed E-state index contributed by atoms with van der Waals surface area (Å²) in [5.41, 5.74) is 6.63. The minimum atomic E-state index is 0.346. The Morgan fingerprint density at radius 2 is 2.00 bits per heavy atom. The molecule has 1 aliphatic rings. The number of hydrogen-bond acceptors (Lipinski definition) is 1. The largest absolute Gasteiger partial charge is 0.377 e. The molecule has 0 saturated carbocycles. The molecule has 0 aliphatic carbocycles. The van der Waals surface area contributed by atoms with Crippen molar-refractivity contribution in [2.24, 2.45) is 0 Å². The Labute approximate surface area is 113 Å². The van der Waals surface area contributed by atoms with Crippen molar-refractivity contribution in [2.75, 3.05) is 5.32 Å². The molecule has 1 nitrogen and oxygen atoms in total. The van der Waals surface area contributed by atoms with Gasteiger partial charge in [0.15, 0.2) is 0 Å². The monoisotopic (exact) mass is 257 g/mol. The van der Waals surface area contributed by atoms with Gasteiger partial charge in [-0.25, -0.2) is 0 Å². The minimum Gasteiger partial charge on any atom is -0.377 e. The van der Waals surface area contributed by atoms with E-state index in [0.29, 0.717) is 6.04 Å². The zero-order valence-corrected chi connectivity index (χ0v) is 11.4. The van der Waals surface area contributed by atoms with Crippen molar-refractivity contribution in [3.8, 4) is 0 Å². The van der Waals surface area contributed by atoms with Gasteiger partial charge in [-0.3, -0.25) is 0 Å². The fraction of sp³-hybridized carbons (Fsp3) is 0.250. The number of halogens is 1. The molecule has 0 radical (unpaired) electrons. The van der Waals surface area contributed by atoms with E-state index in [1.165, 1.54) is 27.9 Å². The van der Waals surface area contributed by atoms with Gasteiger partial charge >= 0.3 is 0 Å². The molecule has 2 heteroatoms. The number of rotatable bonds is 1. The van der Waals surface area contributed by atoms with Gasteiger partial charge in [0.2, 0.25) is 0 Å². The molecule has 18 heavy (non-hydrogen) atoms. The predicted octanol–water partition coefficient (Wildman–Crippen LogP) is 4.67. The SMILES string of the molecule is Cc1cc(C)c2c(c1)CC(c1cccc(Cl)c1)N2. The van der Waals surface area contributed by atoms with E-state index in [1.807, 2.05) is 18.2 Å². The molecule has 0 fully saturated rings. The van der Waals surface area contributed by atoms with E-state index in [9.17, 15) is 0 Å². The summed E-state index contributed by atoms with van der Waals surface area (Å²) in [4.78, 5) is 0. The van der Waals surface area contributed by atoms with E-state index in [2.05, 4.69) is 37.4 Å². The molecular weight excluding hydrogens is 242 g/mol. The van der Waals surface area contributed by atoms with Crippen LogP contribution < -0.4 is 5.32 Å². The highest BCUT2D eigenvalue weighted by Crippen LogP contribution is 2.37. The molecule has 1 heterocycles.